The predicted molar refractivity (Wildman–Crippen MR) is 82.0 cm³/mol. The fourth-order valence-corrected chi connectivity index (χ4v) is 1.99. The van der Waals surface area contributed by atoms with Crippen molar-refractivity contribution in [3.8, 4) is 0 Å². The summed E-state index contributed by atoms with van der Waals surface area (Å²) in [5.41, 5.74) is 0. The molecule has 0 bridgehead atoms. The number of hydrogen-bond donors (Lipinski definition) is 1. The van der Waals surface area contributed by atoms with Crippen LogP contribution in [0.25, 0.3) is 6.08 Å². The highest BCUT2D eigenvalue weighted by atomic mass is 79.9. The Labute approximate surface area is 134 Å². The Morgan fingerprint density at radius 1 is 1.55 bits per heavy atom. The third-order valence-electron chi connectivity index (χ3n) is 2.66. The molecule has 8 nitrogen and oxygen atoms in total. The van der Waals surface area contributed by atoms with Crippen LogP contribution >= 0.6 is 15.9 Å². The molecule has 9 heteroatoms. The molecule has 0 spiro atoms. The molecule has 2 rings (SSSR count). The van der Waals surface area contributed by atoms with E-state index in [0.29, 0.717) is 13.1 Å². The number of amides is 1. The zero-order chi connectivity index (χ0) is 15.9. The molecule has 0 aromatic carbocycles. The number of furan rings is 1. The van der Waals surface area contributed by atoms with Crippen molar-refractivity contribution in [3.63, 3.8) is 0 Å². The molecule has 2 aromatic rings. The van der Waals surface area contributed by atoms with Crippen LogP contribution in [-0.4, -0.2) is 27.2 Å². The number of aromatic nitrogens is 2. The second-order valence-corrected chi connectivity index (χ2v) is 5.25. The maximum atomic E-state index is 11.6. The first-order valence-corrected chi connectivity index (χ1v) is 7.22. The highest BCUT2D eigenvalue weighted by Gasteiger charge is 2.09. The zero-order valence-corrected chi connectivity index (χ0v) is 13.0. The monoisotopic (exact) mass is 368 g/mol. The molecular formula is C13H13BrN4O4. The molecular weight excluding hydrogens is 356 g/mol. The lowest BCUT2D eigenvalue weighted by Gasteiger charge is -2.02. The summed E-state index contributed by atoms with van der Waals surface area (Å²) in [6.07, 6.45) is 6.94. The van der Waals surface area contributed by atoms with E-state index in [4.69, 9.17) is 4.42 Å². The summed E-state index contributed by atoms with van der Waals surface area (Å²) in [6.45, 7) is 1.19. The lowest BCUT2D eigenvalue weighted by atomic mass is 10.3. The number of aryl methyl sites for hydroxylation is 1. The first-order valence-electron chi connectivity index (χ1n) is 6.43. The van der Waals surface area contributed by atoms with Crippen molar-refractivity contribution in [1.82, 2.24) is 15.1 Å². The molecule has 22 heavy (non-hydrogen) atoms. The van der Waals surface area contributed by atoms with E-state index in [9.17, 15) is 14.9 Å². The highest BCUT2D eigenvalue weighted by molar-refractivity contribution is 9.10. The number of carbonyl (C=O) groups is 1. The Kier molecular flexibility index (Phi) is 5.48. The van der Waals surface area contributed by atoms with Crippen molar-refractivity contribution in [2.24, 2.45) is 0 Å². The molecule has 0 atom stereocenters. The van der Waals surface area contributed by atoms with Gasteiger partial charge < -0.3 is 9.73 Å². The Balaban J connectivity index is 1.70. The average Bonchev–Trinajstić information content (AvgIpc) is 3.10. The van der Waals surface area contributed by atoms with Crippen LogP contribution in [0, 0.1) is 10.1 Å². The van der Waals surface area contributed by atoms with Crippen LogP contribution in [0.3, 0.4) is 0 Å². The number of hydrogen-bond acceptors (Lipinski definition) is 5. The lowest BCUT2D eigenvalue weighted by Crippen LogP contribution is -2.23. The van der Waals surface area contributed by atoms with Gasteiger partial charge in [0.1, 0.15) is 10.7 Å². The smallest absolute Gasteiger partial charge is 0.401 e. The van der Waals surface area contributed by atoms with Gasteiger partial charge in [-0.1, -0.05) is 0 Å². The van der Waals surface area contributed by atoms with E-state index in [1.165, 1.54) is 24.3 Å². The third kappa shape index (κ3) is 4.85. The minimum absolute atomic E-state index is 0.253. The van der Waals surface area contributed by atoms with Gasteiger partial charge in [-0.05, 0) is 34.5 Å². The summed E-state index contributed by atoms with van der Waals surface area (Å²) in [7, 11) is 0. The van der Waals surface area contributed by atoms with Gasteiger partial charge >= 0.3 is 5.88 Å². The van der Waals surface area contributed by atoms with Crippen molar-refractivity contribution in [1.29, 1.82) is 0 Å². The van der Waals surface area contributed by atoms with Crippen molar-refractivity contribution in [2.45, 2.75) is 13.0 Å². The predicted octanol–water partition coefficient (Wildman–Crippen LogP) is 2.37. The molecule has 0 radical (unpaired) electrons. The second kappa shape index (κ2) is 7.55. The minimum atomic E-state index is -0.634. The highest BCUT2D eigenvalue weighted by Crippen LogP contribution is 2.16. The maximum Gasteiger partial charge on any atom is 0.433 e. The number of halogens is 1. The maximum absolute atomic E-state index is 11.6. The molecule has 1 N–H and O–H groups in total. The summed E-state index contributed by atoms with van der Waals surface area (Å²) >= 11 is 3.30. The summed E-state index contributed by atoms with van der Waals surface area (Å²) in [6, 6.07) is 2.66. The van der Waals surface area contributed by atoms with Crippen LogP contribution in [-0.2, 0) is 11.3 Å². The number of rotatable bonds is 7. The summed E-state index contributed by atoms with van der Waals surface area (Å²) in [4.78, 5) is 21.4. The quantitative estimate of drug-likeness (QED) is 0.349. The molecule has 1 amide bonds. The standard InChI is InChI=1S/C13H13BrN4O4/c14-10-8-16-17(9-10)7-1-6-15-12(19)4-2-11-3-5-13(22-11)18(20)21/h2-5,8-9H,1,6-7H2,(H,15,19)/b4-2+. The van der Waals surface area contributed by atoms with Gasteiger partial charge in [0, 0.05) is 25.4 Å². The van der Waals surface area contributed by atoms with Gasteiger partial charge in [0.2, 0.25) is 5.91 Å². The second-order valence-electron chi connectivity index (χ2n) is 4.33. The molecule has 0 aliphatic rings. The van der Waals surface area contributed by atoms with Gasteiger partial charge in [-0.15, -0.1) is 0 Å². The topological polar surface area (TPSA) is 103 Å². The van der Waals surface area contributed by atoms with E-state index < -0.39 is 4.92 Å². The van der Waals surface area contributed by atoms with Crippen LogP contribution in [0.15, 0.2) is 39.5 Å². The van der Waals surface area contributed by atoms with Crippen LogP contribution < -0.4 is 5.32 Å². The van der Waals surface area contributed by atoms with E-state index in [0.717, 1.165) is 10.9 Å². The molecule has 0 aliphatic carbocycles. The van der Waals surface area contributed by atoms with Crippen molar-refractivity contribution < 1.29 is 14.1 Å². The summed E-state index contributed by atoms with van der Waals surface area (Å²) in [5.74, 6) is -0.394. The van der Waals surface area contributed by atoms with Crippen molar-refractivity contribution >= 4 is 33.8 Å². The molecule has 2 aromatic heterocycles. The van der Waals surface area contributed by atoms with Gasteiger partial charge in [0.25, 0.3) is 0 Å². The zero-order valence-electron chi connectivity index (χ0n) is 11.4. The Morgan fingerprint density at radius 2 is 2.36 bits per heavy atom. The first kappa shape index (κ1) is 16.0. The largest absolute Gasteiger partial charge is 0.433 e. The van der Waals surface area contributed by atoms with E-state index in [1.54, 1.807) is 10.9 Å². The van der Waals surface area contributed by atoms with E-state index >= 15 is 0 Å². The van der Waals surface area contributed by atoms with E-state index in [-0.39, 0.29) is 17.6 Å². The molecule has 0 aliphatic heterocycles. The molecule has 116 valence electrons. The summed E-state index contributed by atoms with van der Waals surface area (Å²) < 4.78 is 7.58. The van der Waals surface area contributed by atoms with Crippen LogP contribution in [0.5, 0.6) is 0 Å². The molecule has 0 unspecified atom stereocenters. The lowest BCUT2D eigenvalue weighted by molar-refractivity contribution is -0.402. The van der Waals surface area contributed by atoms with Crippen LogP contribution in [0.4, 0.5) is 5.88 Å². The Bertz CT molecular complexity index is 692. The molecule has 0 saturated heterocycles. The van der Waals surface area contributed by atoms with Gasteiger partial charge in [-0.3, -0.25) is 19.6 Å². The van der Waals surface area contributed by atoms with E-state index in [2.05, 4.69) is 26.3 Å². The normalized spacial score (nSPS) is 11.0. The van der Waals surface area contributed by atoms with Crippen LogP contribution in [0.1, 0.15) is 12.2 Å². The van der Waals surface area contributed by atoms with Crippen LogP contribution in [0.2, 0.25) is 0 Å². The SMILES string of the molecule is O=C(/C=C/c1ccc([N+](=O)[O-])o1)NCCCn1cc(Br)cn1. The third-order valence-corrected chi connectivity index (χ3v) is 3.07. The fourth-order valence-electron chi connectivity index (χ4n) is 1.66. The van der Waals surface area contributed by atoms with Crippen molar-refractivity contribution in [2.75, 3.05) is 6.54 Å². The molecule has 2 heterocycles. The number of carbonyl (C=O) groups excluding carboxylic acids is 1. The van der Waals surface area contributed by atoms with Gasteiger partial charge in [0.05, 0.1) is 16.7 Å². The van der Waals surface area contributed by atoms with Crippen molar-refractivity contribution in [3.05, 3.63) is 50.9 Å². The van der Waals surface area contributed by atoms with Gasteiger partial charge in [0.15, 0.2) is 0 Å². The van der Waals surface area contributed by atoms with Gasteiger partial charge in [-0.25, -0.2) is 0 Å². The Morgan fingerprint density at radius 3 is 3.00 bits per heavy atom. The number of nitrogens with zero attached hydrogens (tertiary/aromatic N) is 3. The minimum Gasteiger partial charge on any atom is -0.401 e. The van der Waals surface area contributed by atoms with E-state index in [1.807, 2.05) is 6.20 Å². The number of nitrogens with one attached hydrogen (secondary N) is 1. The number of nitro groups is 1. The first-order chi connectivity index (χ1) is 10.5. The van der Waals surface area contributed by atoms with Gasteiger partial charge in [-0.2, -0.15) is 5.10 Å². The fraction of sp³-hybridized carbons (Fsp3) is 0.231. The summed E-state index contributed by atoms with van der Waals surface area (Å²) in [5, 5.41) is 17.2. The average molecular weight is 369 g/mol. The Hall–Kier alpha value is -2.42. The molecule has 0 saturated carbocycles. The molecule has 0 fully saturated rings.